The highest BCUT2D eigenvalue weighted by Crippen LogP contribution is 2.18. The summed E-state index contributed by atoms with van der Waals surface area (Å²) in [6.07, 6.45) is 1.98. The third kappa shape index (κ3) is 2.47. The fourth-order valence-electron chi connectivity index (χ4n) is 1.07. The maximum atomic E-state index is 5.52. The van der Waals surface area contributed by atoms with Crippen LogP contribution in [0.25, 0.3) is 0 Å². The topological polar surface area (TPSA) is 52.8 Å². The Labute approximate surface area is 91.4 Å². The molecule has 1 heterocycles. The molecule has 0 unspecified atom stereocenters. The molecule has 0 aliphatic heterocycles. The normalized spacial score (nSPS) is 10.2. The number of hydrogen-bond acceptors (Lipinski definition) is 5. The van der Waals surface area contributed by atoms with E-state index in [1.165, 1.54) is 0 Å². The van der Waals surface area contributed by atoms with Gasteiger partial charge in [0.2, 0.25) is 0 Å². The Morgan fingerprint density at radius 1 is 1.33 bits per heavy atom. The van der Waals surface area contributed by atoms with Gasteiger partial charge in [-0.05, 0) is 28.8 Å². The zero-order valence-corrected chi connectivity index (χ0v) is 9.02. The molecule has 0 N–H and O–H groups in total. The molecule has 0 radical (unpaired) electrons. The first-order valence-electron chi connectivity index (χ1n) is 4.38. The molecule has 0 saturated heterocycles. The van der Waals surface area contributed by atoms with Crippen molar-refractivity contribution in [2.75, 3.05) is 6.26 Å². The summed E-state index contributed by atoms with van der Waals surface area (Å²) >= 11 is 1.62. The van der Waals surface area contributed by atoms with E-state index in [0.29, 0.717) is 11.9 Å². The van der Waals surface area contributed by atoms with Crippen molar-refractivity contribution in [1.29, 1.82) is 0 Å². The number of tetrazole rings is 1. The Morgan fingerprint density at radius 3 is 2.87 bits per heavy atom. The molecular weight excluding hydrogens is 212 g/mol. The van der Waals surface area contributed by atoms with Gasteiger partial charge in [-0.15, -0.1) is 11.8 Å². The van der Waals surface area contributed by atoms with Crippen molar-refractivity contribution < 1.29 is 4.74 Å². The Hall–Kier alpha value is -1.56. The molecule has 2 rings (SSSR count). The first kappa shape index (κ1) is 9.97. The third-order valence-electron chi connectivity index (χ3n) is 1.70. The molecule has 0 aliphatic carbocycles. The quantitative estimate of drug-likeness (QED) is 0.789. The molecule has 0 fully saturated rings. The lowest BCUT2D eigenvalue weighted by Crippen LogP contribution is -2.00. The molecule has 2 aromatic rings. The molecule has 0 bridgehead atoms. The molecule has 78 valence electrons. The van der Waals surface area contributed by atoms with E-state index in [1.54, 1.807) is 16.4 Å². The van der Waals surface area contributed by atoms with Crippen LogP contribution in [0.2, 0.25) is 0 Å². The summed E-state index contributed by atoms with van der Waals surface area (Å²) in [6, 6.07) is 9.86. The second-order valence-corrected chi connectivity index (χ2v) is 3.63. The van der Waals surface area contributed by atoms with E-state index < -0.39 is 0 Å². The van der Waals surface area contributed by atoms with Gasteiger partial charge in [0.15, 0.2) is 0 Å². The van der Waals surface area contributed by atoms with Crippen LogP contribution in [0.3, 0.4) is 0 Å². The summed E-state index contributed by atoms with van der Waals surface area (Å²) in [5.41, 5.74) is 0. The van der Waals surface area contributed by atoms with Crippen molar-refractivity contribution in [2.45, 2.75) is 5.88 Å². The van der Waals surface area contributed by atoms with Gasteiger partial charge in [0.05, 0.1) is 5.88 Å². The predicted molar refractivity (Wildman–Crippen MR) is 57.8 cm³/mol. The minimum atomic E-state index is 0.413. The minimum absolute atomic E-state index is 0.413. The molecular formula is C9H10N4OS. The van der Waals surface area contributed by atoms with E-state index in [-0.39, 0.29) is 0 Å². The highest BCUT2D eigenvalue weighted by atomic mass is 32.2. The summed E-state index contributed by atoms with van der Waals surface area (Å²) in [6.45, 7) is 0. The molecule has 15 heavy (non-hydrogen) atoms. The van der Waals surface area contributed by atoms with Crippen LogP contribution >= 0.6 is 11.8 Å². The average Bonchev–Trinajstić information content (AvgIpc) is 2.68. The van der Waals surface area contributed by atoms with Crippen LogP contribution in [-0.2, 0) is 5.88 Å². The van der Waals surface area contributed by atoms with Crippen LogP contribution in [-0.4, -0.2) is 26.5 Å². The number of ether oxygens (including phenoxy) is 1. The van der Waals surface area contributed by atoms with Crippen LogP contribution in [0, 0.1) is 0 Å². The number of nitrogens with zero attached hydrogens (tertiary/aromatic N) is 4. The van der Waals surface area contributed by atoms with E-state index in [4.69, 9.17) is 4.74 Å². The monoisotopic (exact) mass is 222 g/mol. The maximum Gasteiger partial charge on any atom is 0.341 e. The Kier molecular flexibility index (Phi) is 3.18. The smallest absolute Gasteiger partial charge is 0.341 e. The predicted octanol–water partition coefficient (Wildman–Crippen LogP) is 1.79. The summed E-state index contributed by atoms with van der Waals surface area (Å²) in [5, 5.41) is 11.2. The van der Waals surface area contributed by atoms with Gasteiger partial charge in [0.25, 0.3) is 0 Å². The van der Waals surface area contributed by atoms with Crippen LogP contribution < -0.4 is 4.74 Å². The molecule has 0 saturated carbocycles. The number of thioether (sulfide) groups is 1. The van der Waals surface area contributed by atoms with Gasteiger partial charge >= 0.3 is 6.01 Å². The number of hydrogen-bond donors (Lipinski definition) is 0. The Balaban J connectivity index is 2.14. The second-order valence-electron chi connectivity index (χ2n) is 2.79. The lowest BCUT2D eigenvalue weighted by molar-refractivity contribution is 0.413. The fraction of sp³-hybridized carbons (Fsp3) is 0.222. The van der Waals surface area contributed by atoms with Gasteiger partial charge in [-0.25, -0.2) is 0 Å². The van der Waals surface area contributed by atoms with Crippen molar-refractivity contribution in [1.82, 2.24) is 20.2 Å². The van der Waals surface area contributed by atoms with Crippen molar-refractivity contribution in [3.05, 3.63) is 30.3 Å². The number of benzene rings is 1. The number of para-hydroxylation sites is 1. The van der Waals surface area contributed by atoms with Crippen LogP contribution in [0.5, 0.6) is 11.8 Å². The van der Waals surface area contributed by atoms with Gasteiger partial charge in [0.1, 0.15) is 5.75 Å². The van der Waals surface area contributed by atoms with Gasteiger partial charge in [-0.1, -0.05) is 23.3 Å². The maximum absolute atomic E-state index is 5.52. The van der Waals surface area contributed by atoms with Gasteiger partial charge < -0.3 is 4.74 Å². The summed E-state index contributed by atoms with van der Waals surface area (Å²) in [7, 11) is 0. The van der Waals surface area contributed by atoms with E-state index in [1.807, 2.05) is 36.6 Å². The Morgan fingerprint density at radius 2 is 2.13 bits per heavy atom. The molecule has 6 heteroatoms. The van der Waals surface area contributed by atoms with E-state index >= 15 is 0 Å². The molecule has 0 aliphatic rings. The highest BCUT2D eigenvalue weighted by molar-refractivity contribution is 7.97. The summed E-state index contributed by atoms with van der Waals surface area (Å²) < 4.78 is 7.12. The lowest BCUT2D eigenvalue weighted by Gasteiger charge is -2.03. The van der Waals surface area contributed by atoms with E-state index in [9.17, 15) is 0 Å². The van der Waals surface area contributed by atoms with E-state index in [2.05, 4.69) is 15.5 Å². The van der Waals surface area contributed by atoms with Crippen molar-refractivity contribution in [3.63, 3.8) is 0 Å². The second kappa shape index (κ2) is 4.79. The molecule has 1 aromatic heterocycles. The van der Waals surface area contributed by atoms with Crippen LogP contribution in [0.4, 0.5) is 0 Å². The number of aromatic nitrogens is 4. The first-order valence-corrected chi connectivity index (χ1v) is 5.77. The van der Waals surface area contributed by atoms with Gasteiger partial charge in [-0.2, -0.15) is 4.68 Å². The van der Waals surface area contributed by atoms with Gasteiger partial charge in [0, 0.05) is 0 Å². The fourth-order valence-corrected chi connectivity index (χ4v) is 1.47. The van der Waals surface area contributed by atoms with Crippen molar-refractivity contribution in [3.8, 4) is 11.8 Å². The zero-order chi connectivity index (χ0) is 10.5. The average molecular weight is 222 g/mol. The largest absolute Gasteiger partial charge is 0.423 e. The molecule has 0 amide bonds. The molecule has 5 nitrogen and oxygen atoms in total. The SMILES string of the molecule is CSCn1nnnc1Oc1ccccc1. The minimum Gasteiger partial charge on any atom is -0.423 e. The van der Waals surface area contributed by atoms with Crippen LogP contribution in [0.1, 0.15) is 0 Å². The van der Waals surface area contributed by atoms with Gasteiger partial charge in [-0.3, -0.25) is 0 Å². The lowest BCUT2D eigenvalue weighted by atomic mass is 10.3. The molecule has 1 aromatic carbocycles. The van der Waals surface area contributed by atoms with Crippen molar-refractivity contribution >= 4 is 11.8 Å². The Bertz CT molecular complexity index is 417. The van der Waals surface area contributed by atoms with E-state index in [0.717, 1.165) is 5.75 Å². The zero-order valence-electron chi connectivity index (χ0n) is 8.20. The summed E-state index contributed by atoms with van der Waals surface area (Å²) in [4.78, 5) is 0. The number of rotatable bonds is 4. The molecule has 0 atom stereocenters. The standard InChI is InChI=1S/C9H10N4OS/c1-15-7-13-9(10-11-12-13)14-8-5-3-2-4-6-8/h2-6H,7H2,1H3. The van der Waals surface area contributed by atoms with Crippen molar-refractivity contribution in [2.24, 2.45) is 0 Å². The molecule has 0 spiro atoms. The first-order chi connectivity index (χ1) is 7.40. The summed E-state index contributed by atoms with van der Waals surface area (Å²) in [5.74, 6) is 1.41. The third-order valence-corrected chi connectivity index (χ3v) is 2.21. The highest BCUT2D eigenvalue weighted by Gasteiger charge is 2.06. The van der Waals surface area contributed by atoms with Crippen LogP contribution in [0.15, 0.2) is 30.3 Å².